The molecule has 1 aliphatic heterocycles. The third-order valence-electron chi connectivity index (χ3n) is 5.19. The van der Waals surface area contributed by atoms with Crippen molar-refractivity contribution in [2.24, 2.45) is 0 Å². The zero-order valence-electron chi connectivity index (χ0n) is 14.9. The average Bonchev–Trinajstić information content (AvgIpc) is 3.26. The summed E-state index contributed by atoms with van der Waals surface area (Å²) in [7, 11) is 2.03. The van der Waals surface area contributed by atoms with Gasteiger partial charge < -0.3 is 13.9 Å². The zero-order chi connectivity index (χ0) is 17.6. The van der Waals surface area contributed by atoms with Crippen LogP contribution in [0.3, 0.4) is 0 Å². The molecule has 1 saturated carbocycles. The molecule has 8 heteroatoms. The standard InChI is InChI=1S/C17H23N5O3/c1-10-13(11(2)24-19-10)8-15(23)22-7-6-21(3)14(9-22)17-18-16(20-25-17)12-4-5-12/h12,14H,4-9H2,1-3H3. The molecule has 8 nitrogen and oxygen atoms in total. The van der Waals surface area contributed by atoms with E-state index in [0.29, 0.717) is 37.1 Å². The fourth-order valence-corrected chi connectivity index (χ4v) is 3.27. The van der Waals surface area contributed by atoms with Crippen LogP contribution in [0, 0.1) is 13.8 Å². The van der Waals surface area contributed by atoms with Crippen LogP contribution < -0.4 is 0 Å². The van der Waals surface area contributed by atoms with Crippen LogP contribution in [0.5, 0.6) is 0 Å². The van der Waals surface area contributed by atoms with E-state index in [-0.39, 0.29) is 11.9 Å². The van der Waals surface area contributed by atoms with Crippen LogP contribution in [0.25, 0.3) is 0 Å². The van der Waals surface area contributed by atoms with Crippen molar-refractivity contribution in [2.45, 2.75) is 45.1 Å². The van der Waals surface area contributed by atoms with Crippen molar-refractivity contribution in [1.82, 2.24) is 25.1 Å². The summed E-state index contributed by atoms with van der Waals surface area (Å²) in [6.07, 6.45) is 2.60. The lowest BCUT2D eigenvalue weighted by Gasteiger charge is -2.37. The lowest BCUT2D eigenvalue weighted by molar-refractivity contribution is -0.133. The van der Waals surface area contributed by atoms with E-state index >= 15 is 0 Å². The van der Waals surface area contributed by atoms with E-state index in [4.69, 9.17) is 9.05 Å². The number of nitrogens with zero attached hydrogens (tertiary/aromatic N) is 5. The summed E-state index contributed by atoms with van der Waals surface area (Å²) in [5.41, 5.74) is 1.66. The minimum atomic E-state index is -0.0534. The summed E-state index contributed by atoms with van der Waals surface area (Å²) in [5.74, 6) is 2.67. The number of carbonyl (C=O) groups is 1. The van der Waals surface area contributed by atoms with Gasteiger partial charge in [0.15, 0.2) is 5.82 Å². The van der Waals surface area contributed by atoms with Crippen molar-refractivity contribution in [3.8, 4) is 0 Å². The molecule has 0 N–H and O–H groups in total. The molecular formula is C17H23N5O3. The van der Waals surface area contributed by atoms with Crippen LogP contribution in [0.4, 0.5) is 0 Å². The van der Waals surface area contributed by atoms with E-state index in [1.165, 1.54) is 0 Å². The second kappa shape index (κ2) is 6.25. The first kappa shape index (κ1) is 16.3. The highest BCUT2D eigenvalue weighted by atomic mass is 16.5. The van der Waals surface area contributed by atoms with Crippen molar-refractivity contribution >= 4 is 5.91 Å². The van der Waals surface area contributed by atoms with Crippen LogP contribution >= 0.6 is 0 Å². The number of hydrogen-bond donors (Lipinski definition) is 0. The van der Waals surface area contributed by atoms with Gasteiger partial charge in [0.25, 0.3) is 0 Å². The Hall–Kier alpha value is -2.22. The second-order valence-electron chi connectivity index (χ2n) is 7.08. The molecule has 1 aliphatic carbocycles. The van der Waals surface area contributed by atoms with Crippen molar-refractivity contribution in [2.75, 3.05) is 26.7 Å². The summed E-state index contributed by atoms with van der Waals surface area (Å²) in [6, 6.07) is -0.0534. The Morgan fingerprint density at radius 2 is 2.00 bits per heavy atom. The Labute approximate surface area is 146 Å². The van der Waals surface area contributed by atoms with Gasteiger partial charge in [0.05, 0.1) is 12.1 Å². The largest absolute Gasteiger partial charge is 0.361 e. The number of amides is 1. The first-order chi connectivity index (χ1) is 12.0. The predicted molar refractivity (Wildman–Crippen MR) is 87.9 cm³/mol. The highest BCUT2D eigenvalue weighted by molar-refractivity contribution is 5.79. The molecular weight excluding hydrogens is 322 g/mol. The second-order valence-corrected chi connectivity index (χ2v) is 7.08. The van der Waals surface area contributed by atoms with Gasteiger partial charge in [-0.3, -0.25) is 9.69 Å². The maximum Gasteiger partial charge on any atom is 0.245 e. The van der Waals surface area contributed by atoms with Gasteiger partial charge in [0, 0.05) is 31.1 Å². The van der Waals surface area contributed by atoms with Gasteiger partial charge in [-0.05, 0) is 33.7 Å². The lowest BCUT2D eigenvalue weighted by atomic mass is 10.1. The summed E-state index contributed by atoms with van der Waals surface area (Å²) < 4.78 is 10.6. The maximum absolute atomic E-state index is 12.7. The molecule has 1 unspecified atom stereocenters. The third kappa shape index (κ3) is 3.18. The zero-order valence-corrected chi connectivity index (χ0v) is 14.9. The average molecular weight is 345 g/mol. The monoisotopic (exact) mass is 345 g/mol. The molecule has 134 valence electrons. The number of hydrogen-bond acceptors (Lipinski definition) is 7. The van der Waals surface area contributed by atoms with Gasteiger partial charge in [-0.25, -0.2) is 0 Å². The Morgan fingerprint density at radius 1 is 1.20 bits per heavy atom. The number of aryl methyl sites for hydroxylation is 2. The van der Waals surface area contributed by atoms with Crippen molar-refractivity contribution in [3.63, 3.8) is 0 Å². The molecule has 25 heavy (non-hydrogen) atoms. The molecule has 0 bridgehead atoms. The smallest absolute Gasteiger partial charge is 0.245 e. The summed E-state index contributed by atoms with van der Waals surface area (Å²) in [6.45, 7) is 5.74. The molecule has 2 aromatic rings. The van der Waals surface area contributed by atoms with Crippen LogP contribution in [0.2, 0.25) is 0 Å². The Balaban J connectivity index is 1.46. The first-order valence-electron chi connectivity index (χ1n) is 8.76. The highest BCUT2D eigenvalue weighted by Gasteiger charge is 2.35. The topological polar surface area (TPSA) is 88.5 Å². The summed E-state index contributed by atoms with van der Waals surface area (Å²) in [4.78, 5) is 21.4. The van der Waals surface area contributed by atoms with Crippen LogP contribution in [-0.4, -0.2) is 57.7 Å². The Bertz CT molecular complexity index is 760. The maximum atomic E-state index is 12.7. The number of carbonyl (C=O) groups excluding carboxylic acids is 1. The first-order valence-corrected chi connectivity index (χ1v) is 8.76. The fraction of sp³-hybridized carbons (Fsp3) is 0.647. The molecule has 0 radical (unpaired) electrons. The molecule has 2 aliphatic rings. The molecule has 4 rings (SSSR count). The number of aromatic nitrogens is 3. The van der Waals surface area contributed by atoms with E-state index in [2.05, 4.69) is 20.2 Å². The van der Waals surface area contributed by atoms with Crippen molar-refractivity contribution in [1.29, 1.82) is 0 Å². The van der Waals surface area contributed by atoms with Gasteiger partial charge in [-0.1, -0.05) is 10.3 Å². The Kier molecular flexibility index (Phi) is 4.07. The van der Waals surface area contributed by atoms with Crippen LogP contribution in [-0.2, 0) is 11.2 Å². The summed E-state index contributed by atoms with van der Waals surface area (Å²) >= 11 is 0. The molecule has 2 aromatic heterocycles. The minimum absolute atomic E-state index is 0.0534. The molecule has 0 spiro atoms. The van der Waals surface area contributed by atoms with Gasteiger partial charge >= 0.3 is 0 Å². The lowest BCUT2D eigenvalue weighted by Crippen LogP contribution is -2.49. The van der Waals surface area contributed by atoms with Gasteiger partial charge in [0.2, 0.25) is 11.8 Å². The predicted octanol–water partition coefficient (Wildman–Crippen LogP) is 1.61. The molecule has 1 amide bonds. The third-order valence-corrected chi connectivity index (χ3v) is 5.19. The minimum Gasteiger partial charge on any atom is -0.361 e. The van der Waals surface area contributed by atoms with E-state index in [0.717, 1.165) is 36.5 Å². The number of piperazine rings is 1. The van der Waals surface area contributed by atoms with Crippen LogP contribution in [0.15, 0.2) is 9.05 Å². The van der Waals surface area contributed by atoms with Gasteiger partial charge in [0.1, 0.15) is 11.8 Å². The quantitative estimate of drug-likeness (QED) is 0.831. The van der Waals surface area contributed by atoms with E-state index in [1.807, 2.05) is 25.8 Å². The normalized spacial score (nSPS) is 21.7. The fourth-order valence-electron chi connectivity index (χ4n) is 3.27. The number of likely N-dealkylation sites (N-methyl/N-ethyl adjacent to an activating group) is 1. The SMILES string of the molecule is Cc1noc(C)c1CC(=O)N1CCN(C)C(c2nc(C3CC3)no2)C1. The number of rotatable bonds is 4. The van der Waals surface area contributed by atoms with E-state index in [1.54, 1.807) is 0 Å². The molecule has 1 saturated heterocycles. The van der Waals surface area contributed by atoms with E-state index < -0.39 is 0 Å². The Morgan fingerprint density at radius 3 is 2.68 bits per heavy atom. The molecule has 1 atom stereocenters. The van der Waals surface area contributed by atoms with Crippen molar-refractivity contribution < 1.29 is 13.8 Å². The highest BCUT2D eigenvalue weighted by Crippen LogP contribution is 2.38. The van der Waals surface area contributed by atoms with E-state index in [9.17, 15) is 4.79 Å². The van der Waals surface area contributed by atoms with Gasteiger partial charge in [-0.15, -0.1) is 0 Å². The molecule has 0 aromatic carbocycles. The summed E-state index contributed by atoms with van der Waals surface area (Å²) in [5, 5.41) is 8.03. The molecule has 2 fully saturated rings. The molecule has 3 heterocycles. The van der Waals surface area contributed by atoms with Gasteiger partial charge in [-0.2, -0.15) is 4.98 Å². The van der Waals surface area contributed by atoms with Crippen molar-refractivity contribution in [3.05, 3.63) is 28.7 Å². The van der Waals surface area contributed by atoms with Crippen LogP contribution in [0.1, 0.15) is 53.5 Å².